The van der Waals surface area contributed by atoms with E-state index >= 15 is 0 Å². The molecule has 1 aliphatic heterocycles. The van der Waals surface area contributed by atoms with Crippen molar-refractivity contribution in [1.29, 1.82) is 0 Å². The standard InChI is InChI=1S/C13H19FN2O/c1-17-13-6-5-11(9-12(13)14)10-15-16-7-3-2-4-8-16/h5-6,9,15H,2-4,7-8,10H2,1H3. The number of methoxy groups -OCH3 is 1. The molecule has 0 radical (unpaired) electrons. The summed E-state index contributed by atoms with van der Waals surface area (Å²) < 4.78 is 18.3. The molecular formula is C13H19FN2O. The Morgan fingerprint density at radius 1 is 1.29 bits per heavy atom. The third kappa shape index (κ3) is 3.41. The summed E-state index contributed by atoms with van der Waals surface area (Å²) in [6.07, 6.45) is 3.79. The summed E-state index contributed by atoms with van der Waals surface area (Å²) in [5, 5.41) is 2.21. The number of nitrogens with one attached hydrogen (secondary N) is 1. The molecule has 4 heteroatoms. The second kappa shape index (κ2) is 5.98. The summed E-state index contributed by atoms with van der Waals surface area (Å²) >= 11 is 0. The van der Waals surface area contributed by atoms with Crippen LogP contribution in [-0.4, -0.2) is 25.2 Å². The molecule has 94 valence electrons. The van der Waals surface area contributed by atoms with Gasteiger partial charge in [0.1, 0.15) is 0 Å². The molecule has 1 aromatic rings. The van der Waals surface area contributed by atoms with E-state index < -0.39 is 0 Å². The van der Waals surface area contributed by atoms with Crippen LogP contribution in [0.5, 0.6) is 5.75 Å². The van der Waals surface area contributed by atoms with Gasteiger partial charge in [0.15, 0.2) is 11.6 Å². The Morgan fingerprint density at radius 2 is 2.06 bits per heavy atom. The molecule has 0 aliphatic carbocycles. The van der Waals surface area contributed by atoms with Crippen molar-refractivity contribution in [3.8, 4) is 5.75 Å². The highest BCUT2D eigenvalue weighted by Crippen LogP contribution is 2.17. The van der Waals surface area contributed by atoms with Crippen LogP contribution >= 0.6 is 0 Å². The third-order valence-corrected chi connectivity index (χ3v) is 3.08. The average Bonchev–Trinajstić information content (AvgIpc) is 2.38. The Balaban J connectivity index is 1.87. The van der Waals surface area contributed by atoms with Gasteiger partial charge in [0.25, 0.3) is 0 Å². The van der Waals surface area contributed by atoms with Gasteiger partial charge in [-0.25, -0.2) is 9.40 Å². The van der Waals surface area contributed by atoms with Crippen molar-refractivity contribution in [3.05, 3.63) is 29.6 Å². The largest absolute Gasteiger partial charge is 0.494 e. The van der Waals surface area contributed by atoms with E-state index in [4.69, 9.17) is 4.74 Å². The zero-order valence-corrected chi connectivity index (χ0v) is 10.2. The summed E-state index contributed by atoms with van der Waals surface area (Å²) in [5.41, 5.74) is 4.27. The number of piperidine rings is 1. The molecule has 1 saturated heterocycles. The van der Waals surface area contributed by atoms with E-state index in [1.807, 2.05) is 6.07 Å². The molecule has 0 atom stereocenters. The lowest BCUT2D eigenvalue weighted by atomic mass is 10.1. The highest BCUT2D eigenvalue weighted by molar-refractivity contribution is 5.29. The van der Waals surface area contributed by atoms with Crippen LogP contribution in [0.2, 0.25) is 0 Å². The molecule has 1 heterocycles. The molecule has 1 aliphatic rings. The molecular weight excluding hydrogens is 219 g/mol. The minimum atomic E-state index is -0.301. The lowest BCUT2D eigenvalue weighted by molar-refractivity contribution is 0.151. The normalized spacial score (nSPS) is 17.1. The second-order valence-corrected chi connectivity index (χ2v) is 4.35. The summed E-state index contributed by atoms with van der Waals surface area (Å²) in [7, 11) is 1.48. The predicted molar refractivity (Wildman–Crippen MR) is 65.2 cm³/mol. The topological polar surface area (TPSA) is 24.5 Å². The average molecular weight is 238 g/mol. The number of nitrogens with zero attached hydrogens (tertiary/aromatic N) is 1. The number of rotatable bonds is 4. The van der Waals surface area contributed by atoms with Gasteiger partial charge in [0.2, 0.25) is 0 Å². The number of benzene rings is 1. The highest BCUT2D eigenvalue weighted by Gasteiger charge is 2.09. The van der Waals surface area contributed by atoms with E-state index in [2.05, 4.69) is 10.4 Å². The number of hydrogen-bond acceptors (Lipinski definition) is 3. The highest BCUT2D eigenvalue weighted by atomic mass is 19.1. The van der Waals surface area contributed by atoms with Crippen LogP contribution in [0.15, 0.2) is 18.2 Å². The van der Waals surface area contributed by atoms with Gasteiger partial charge < -0.3 is 4.74 Å². The molecule has 1 fully saturated rings. The Hall–Kier alpha value is -1.13. The molecule has 2 rings (SSSR count). The van der Waals surface area contributed by atoms with Crippen LogP contribution in [0, 0.1) is 5.82 Å². The Bertz CT molecular complexity index is 364. The van der Waals surface area contributed by atoms with E-state index in [0.717, 1.165) is 18.7 Å². The van der Waals surface area contributed by atoms with E-state index in [1.165, 1.54) is 32.4 Å². The SMILES string of the molecule is COc1ccc(CNN2CCCCC2)cc1F. The van der Waals surface area contributed by atoms with Crippen molar-refractivity contribution >= 4 is 0 Å². The molecule has 0 saturated carbocycles. The van der Waals surface area contributed by atoms with Crippen LogP contribution < -0.4 is 10.2 Å². The lowest BCUT2D eigenvalue weighted by Crippen LogP contribution is -2.41. The molecule has 0 spiro atoms. The molecule has 0 amide bonds. The van der Waals surface area contributed by atoms with Crippen LogP contribution in [0.25, 0.3) is 0 Å². The lowest BCUT2D eigenvalue weighted by Gasteiger charge is -2.27. The first-order chi connectivity index (χ1) is 8.29. The molecule has 0 bridgehead atoms. The smallest absolute Gasteiger partial charge is 0.165 e. The summed E-state index contributed by atoms with van der Waals surface area (Å²) in [6, 6.07) is 5.08. The van der Waals surface area contributed by atoms with Crippen molar-refractivity contribution < 1.29 is 9.13 Å². The van der Waals surface area contributed by atoms with Gasteiger partial charge in [-0.1, -0.05) is 12.5 Å². The molecule has 1 N–H and O–H groups in total. The minimum absolute atomic E-state index is 0.298. The Kier molecular flexibility index (Phi) is 4.34. The quantitative estimate of drug-likeness (QED) is 0.871. The van der Waals surface area contributed by atoms with Gasteiger partial charge in [0.05, 0.1) is 7.11 Å². The monoisotopic (exact) mass is 238 g/mol. The van der Waals surface area contributed by atoms with Crippen LogP contribution in [0.4, 0.5) is 4.39 Å². The van der Waals surface area contributed by atoms with Gasteiger partial charge in [-0.15, -0.1) is 0 Å². The first kappa shape index (κ1) is 12.3. The van der Waals surface area contributed by atoms with Crippen molar-refractivity contribution in [2.45, 2.75) is 25.8 Å². The number of hydrogen-bond donors (Lipinski definition) is 1. The van der Waals surface area contributed by atoms with Gasteiger partial charge in [-0.3, -0.25) is 5.43 Å². The summed E-state index contributed by atoms with van der Waals surface area (Å²) in [4.78, 5) is 0. The zero-order valence-electron chi connectivity index (χ0n) is 10.2. The van der Waals surface area contributed by atoms with Gasteiger partial charge in [-0.05, 0) is 30.5 Å². The Labute approximate surface area is 102 Å². The van der Waals surface area contributed by atoms with E-state index in [-0.39, 0.29) is 5.82 Å². The molecule has 17 heavy (non-hydrogen) atoms. The van der Waals surface area contributed by atoms with Gasteiger partial charge in [-0.2, -0.15) is 0 Å². The van der Waals surface area contributed by atoms with E-state index in [1.54, 1.807) is 6.07 Å². The molecule has 0 unspecified atom stereocenters. The van der Waals surface area contributed by atoms with Crippen LogP contribution in [-0.2, 0) is 6.54 Å². The maximum Gasteiger partial charge on any atom is 0.165 e. The van der Waals surface area contributed by atoms with Crippen molar-refractivity contribution in [3.63, 3.8) is 0 Å². The number of hydrazine groups is 1. The minimum Gasteiger partial charge on any atom is -0.494 e. The number of ether oxygens (including phenoxy) is 1. The second-order valence-electron chi connectivity index (χ2n) is 4.35. The maximum absolute atomic E-state index is 13.4. The molecule has 1 aromatic carbocycles. The first-order valence-electron chi connectivity index (χ1n) is 6.10. The maximum atomic E-state index is 13.4. The third-order valence-electron chi connectivity index (χ3n) is 3.08. The van der Waals surface area contributed by atoms with E-state index in [0.29, 0.717) is 12.3 Å². The first-order valence-corrected chi connectivity index (χ1v) is 6.10. The van der Waals surface area contributed by atoms with Crippen molar-refractivity contribution in [2.75, 3.05) is 20.2 Å². The van der Waals surface area contributed by atoms with E-state index in [9.17, 15) is 4.39 Å². The fraction of sp³-hybridized carbons (Fsp3) is 0.538. The number of halogens is 1. The summed E-state index contributed by atoms with van der Waals surface area (Å²) in [6.45, 7) is 2.83. The van der Waals surface area contributed by atoms with Gasteiger partial charge >= 0.3 is 0 Å². The zero-order chi connectivity index (χ0) is 12.1. The summed E-state index contributed by atoms with van der Waals surface area (Å²) in [5.74, 6) is -0.00262. The predicted octanol–water partition coefficient (Wildman–Crippen LogP) is 2.32. The fourth-order valence-corrected chi connectivity index (χ4v) is 2.07. The van der Waals surface area contributed by atoms with Crippen LogP contribution in [0.3, 0.4) is 0 Å². The molecule has 3 nitrogen and oxygen atoms in total. The fourth-order valence-electron chi connectivity index (χ4n) is 2.07. The van der Waals surface area contributed by atoms with Gasteiger partial charge in [0, 0.05) is 19.6 Å². The molecule has 0 aromatic heterocycles. The van der Waals surface area contributed by atoms with Crippen LogP contribution in [0.1, 0.15) is 24.8 Å². The Morgan fingerprint density at radius 3 is 2.71 bits per heavy atom. The van der Waals surface area contributed by atoms with Crippen molar-refractivity contribution in [1.82, 2.24) is 10.4 Å². The van der Waals surface area contributed by atoms with Crippen molar-refractivity contribution in [2.24, 2.45) is 0 Å².